The van der Waals surface area contributed by atoms with Crippen molar-refractivity contribution in [1.82, 2.24) is 15.0 Å². The van der Waals surface area contributed by atoms with Gasteiger partial charge in [0, 0.05) is 14.2 Å². The number of aromatic nitrogens is 3. The van der Waals surface area contributed by atoms with Gasteiger partial charge < -0.3 is 14.2 Å². The van der Waals surface area contributed by atoms with Crippen LogP contribution in [0.2, 0.25) is 0 Å². The first-order chi connectivity index (χ1) is 16.9. The molecule has 0 radical (unpaired) electrons. The minimum absolute atomic E-state index is 0.276. The third-order valence-corrected chi connectivity index (χ3v) is 10.9. The number of nitrogens with zero attached hydrogens (tertiary/aromatic N) is 3. The van der Waals surface area contributed by atoms with Gasteiger partial charge in [-0.1, -0.05) is 62.3 Å². The highest BCUT2D eigenvalue weighted by Crippen LogP contribution is 2.29. The SMILES string of the molecule is CCC(C)(C)SCCCOc1nc(OCCCSC(C)(C)CC)nc(OCCCSC(C)(C)CC)n1. The second-order valence-corrected chi connectivity index (χ2v) is 16.1. The molecule has 0 saturated carbocycles. The van der Waals surface area contributed by atoms with Crippen molar-refractivity contribution < 1.29 is 14.2 Å². The molecule has 0 N–H and O–H groups in total. The molecule has 1 heterocycles. The quantitative estimate of drug-likeness (QED) is 0.139. The topological polar surface area (TPSA) is 66.4 Å². The summed E-state index contributed by atoms with van der Waals surface area (Å²) >= 11 is 5.91. The normalized spacial score (nSPS) is 12.6. The fraction of sp³-hybridized carbons (Fsp3) is 0.889. The van der Waals surface area contributed by atoms with E-state index in [2.05, 4.69) is 77.3 Å². The van der Waals surface area contributed by atoms with Crippen LogP contribution in [-0.2, 0) is 0 Å². The van der Waals surface area contributed by atoms with E-state index in [4.69, 9.17) is 14.2 Å². The zero-order chi connectivity index (χ0) is 27.1. The van der Waals surface area contributed by atoms with Crippen LogP contribution >= 0.6 is 35.3 Å². The van der Waals surface area contributed by atoms with Crippen molar-refractivity contribution >= 4 is 35.3 Å². The zero-order valence-electron chi connectivity index (χ0n) is 24.3. The van der Waals surface area contributed by atoms with Crippen molar-refractivity contribution in [3.05, 3.63) is 0 Å². The molecule has 0 bridgehead atoms. The van der Waals surface area contributed by atoms with E-state index in [-0.39, 0.29) is 18.0 Å². The fourth-order valence-electron chi connectivity index (χ4n) is 2.53. The summed E-state index contributed by atoms with van der Waals surface area (Å²) in [7, 11) is 0. The lowest BCUT2D eigenvalue weighted by molar-refractivity contribution is 0.236. The van der Waals surface area contributed by atoms with Gasteiger partial charge in [0.05, 0.1) is 19.8 Å². The lowest BCUT2D eigenvalue weighted by Crippen LogP contribution is -2.15. The van der Waals surface area contributed by atoms with Gasteiger partial charge in [-0.2, -0.15) is 35.3 Å². The Morgan fingerprint density at radius 1 is 0.500 bits per heavy atom. The van der Waals surface area contributed by atoms with Gasteiger partial charge in [0.1, 0.15) is 0 Å². The highest BCUT2D eigenvalue weighted by molar-refractivity contribution is 8.01. The minimum atomic E-state index is 0.276. The summed E-state index contributed by atoms with van der Waals surface area (Å²) in [5.74, 6) is 3.11. The summed E-state index contributed by atoms with van der Waals surface area (Å²) in [6, 6.07) is 0.827. The van der Waals surface area contributed by atoms with E-state index < -0.39 is 0 Å². The molecule has 210 valence electrons. The second kappa shape index (κ2) is 17.1. The van der Waals surface area contributed by atoms with Crippen LogP contribution in [0.1, 0.15) is 101 Å². The summed E-state index contributed by atoms with van der Waals surface area (Å²) in [5.41, 5.74) is 0. The van der Waals surface area contributed by atoms with Crippen molar-refractivity contribution in [3.63, 3.8) is 0 Å². The highest BCUT2D eigenvalue weighted by Gasteiger charge is 2.17. The number of hydrogen-bond donors (Lipinski definition) is 0. The van der Waals surface area contributed by atoms with E-state index in [0.29, 0.717) is 34.1 Å². The molecule has 9 heteroatoms. The molecule has 1 aromatic rings. The molecule has 0 aliphatic heterocycles. The fourth-order valence-corrected chi connectivity index (χ4v) is 5.59. The number of thioether (sulfide) groups is 3. The van der Waals surface area contributed by atoms with Crippen LogP contribution in [-0.4, -0.2) is 66.3 Å². The van der Waals surface area contributed by atoms with Crippen molar-refractivity contribution in [1.29, 1.82) is 0 Å². The first kappa shape index (κ1) is 33.5. The van der Waals surface area contributed by atoms with Crippen LogP contribution in [0.4, 0.5) is 0 Å². The monoisotopic (exact) mass is 561 g/mol. The molecule has 36 heavy (non-hydrogen) atoms. The van der Waals surface area contributed by atoms with Crippen LogP contribution in [0.5, 0.6) is 18.0 Å². The Hall–Kier alpha value is -0.540. The Morgan fingerprint density at radius 2 is 0.750 bits per heavy atom. The smallest absolute Gasteiger partial charge is 0.325 e. The first-order valence-corrected chi connectivity index (χ1v) is 16.4. The number of rotatable bonds is 21. The summed E-state index contributed by atoms with van der Waals surface area (Å²) in [5, 5.41) is 0. The molecular weight excluding hydrogens is 511 g/mol. The maximum atomic E-state index is 5.87. The summed E-state index contributed by atoms with van der Waals surface area (Å²) in [6.45, 7) is 22.0. The largest absolute Gasteiger partial charge is 0.463 e. The molecule has 0 aromatic carbocycles. The van der Waals surface area contributed by atoms with Gasteiger partial charge in [0.15, 0.2) is 0 Å². The lowest BCUT2D eigenvalue weighted by Gasteiger charge is -2.21. The lowest BCUT2D eigenvalue weighted by atomic mass is 10.1. The average molecular weight is 562 g/mol. The summed E-state index contributed by atoms with van der Waals surface area (Å²) < 4.78 is 18.5. The molecule has 0 saturated heterocycles. The van der Waals surface area contributed by atoms with E-state index in [0.717, 1.165) is 55.8 Å². The van der Waals surface area contributed by atoms with Crippen LogP contribution in [0.3, 0.4) is 0 Å². The van der Waals surface area contributed by atoms with E-state index >= 15 is 0 Å². The maximum Gasteiger partial charge on any atom is 0.325 e. The first-order valence-electron chi connectivity index (χ1n) is 13.5. The predicted molar refractivity (Wildman–Crippen MR) is 161 cm³/mol. The maximum absolute atomic E-state index is 5.87. The van der Waals surface area contributed by atoms with Crippen molar-refractivity contribution in [3.8, 4) is 18.0 Å². The Morgan fingerprint density at radius 3 is 0.972 bits per heavy atom. The minimum Gasteiger partial charge on any atom is -0.463 e. The van der Waals surface area contributed by atoms with Gasteiger partial charge in [0.2, 0.25) is 0 Å². The van der Waals surface area contributed by atoms with Crippen LogP contribution in [0, 0.1) is 0 Å². The third-order valence-electron chi connectivity index (χ3n) is 6.17. The average Bonchev–Trinajstić information content (AvgIpc) is 2.83. The molecule has 6 nitrogen and oxygen atoms in total. The van der Waals surface area contributed by atoms with Crippen molar-refractivity contribution in [2.24, 2.45) is 0 Å². The Kier molecular flexibility index (Phi) is 15.9. The Labute approximate surface area is 234 Å². The van der Waals surface area contributed by atoms with E-state index in [9.17, 15) is 0 Å². The number of ether oxygens (including phenoxy) is 3. The Bertz CT molecular complexity index is 626. The molecule has 0 aliphatic rings. The standard InChI is InChI=1S/C27H51N3O3S3/c1-10-25(4,5)34-19-13-16-31-22-28-23(32-17-14-20-35-26(6,7)11-2)30-24(29-22)33-18-15-21-36-27(8,9)12-3/h10-21H2,1-9H3. The molecule has 0 spiro atoms. The molecule has 1 aromatic heterocycles. The molecule has 0 amide bonds. The Balaban J connectivity index is 2.61. The van der Waals surface area contributed by atoms with Gasteiger partial charge in [0.25, 0.3) is 0 Å². The van der Waals surface area contributed by atoms with Crippen LogP contribution in [0.15, 0.2) is 0 Å². The molecule has 1 rings (SSSR count). The molecule has 0 atom stereocenters. The molecule has 0 aliphatic carbocycles. The van der Waals surface area contributed by atoms with Crippen LogP contribution in [0.25, 0.3) is 0 Å². The molecule has 0 unspecified atom stereocenters. The highest BCUT2D eigenvalue weighted by atomic mass is 32.2. The second-order valence-electron chi connectivity index (χ2n) is 10.7. The van der Waals surface area contributed by atoms with Crippen molar-refractivity contribution in [2.45, 2.75) is 115 Å². The van der Waals surface area contributed by atoms with E-state index in [1.165, 1.54) is 0 Å². The summed E-state index contributed by atoms with van der Waals surface area (Å²) in [6.07, 6.45) is 6.24. The van der Waals surface area contributed by atoms with Gasteiger partial charge in [-0.15, -0.1) is 15.0 Å². The van der Waals surface area contributed by atoms with E-state index in [1.807, 2.05) is 35.3 Å². The molecular formula is C27H51N3O3S3. The van der Waals surface area contributed by atoms with Gasteiger partial charge >= 0.3 is 18.0 Å². The predicted octanol–water partition coefficient (Wildman–Crippen LogP) is 7.94. The van der Waals surface area contributed by atoms with Crippen molar-refractivity contribution in [2.75, 3.05) is 37.1 Å². The van der Waals surface area contributed by atoms with Gasteiger partial charge in [-0.05, 0) is 55.8 Å². The zero-order valence-corrected chi connectivity index (χ0v) is 26.7. The van der Waals surface area contributed by atoms with Gasteiger partial charge in [-0.25, -0.2) is 0 Å². The van der Waals surface area contributed by atoms with E-state index in [1.54, 1.807) is 0 Å². The van der Waals surface area contributed by atoms with Crippen LogP contribution < -0.4 is 14.2 Å². The van der Waals surface area contributed by atoms with Gasteiger partial charge in [-0.3, -0.25) is 0 Å². The molecule has 0 fully saturated rings. The number of hydrogen-bond acceptors (Lipinski definition) is 9. The third kappa shape index (κ3) is 15.7. The summed E-state index contributed by atoms with van der Waals surface area (Å²) in [4.78, 5) is 13.1.